The average Bonchev–Trinajstić information content (AvgIpc) is 2.43. The van der Waals surface area contributed by atoms with Crippen LogP contribution in [0.3, 0.4) is 0 Å². The summed E-state index contributed by atoms with van der Waals surface area (Å²) in [5.41, 5.74) is 2.47. The van der Waals surface area contributed by atoms with Crippen molar-refractivity contribution < 1.29 is 8.78 Å². The lowest BCUT2D eigenvalue weighted by Gasteiger charge is -2.08. The largest absolute Gasteiger partial charge is 0.207 e. The zero-order chi connectivity index (χ0) is 13.7. The van der Waals surface area contributed by atoms with Crippen LogP contribution in [0.5, 0.6) is 0 Å². The molecule has 2 heteroatoms. The van der Waals surface area contributed by atoms with Gasteiger partial charge < -0.3 is 0 Å². The molecule has 0 aromatic heterocycles. The van der Waals surface area contributed by atoms with E-state index in [0.29, 0.717) is 18.4 Å². The molecule has 0 bridgehead atoms. The van der Waals surface area contributed by atoms with E-state index in [2.05, 4.69) is 6.92 Å². The van der Waals surface area contributed by atoms with Crippen molar-refractivity contribution in [2.75, 3.05) is 0 Å². The molecule has 0 saturated heterocycles. The lowest BCUT2D eigenvalue weighted by molar-refractivity contribution is 0.587. The average molecular weight is 257 g/mol. The van der Waals surface area contributed by atoms with Crippen LogP contribution in [-0.4, -0.2) is 0 Å². The topological polar surface area (TPSA) is 0 Å². The minimum atomic E-state index is -0.417. The van der Waals surface area contributed by atoms with E-state index in [0.717, 1.165) is 23.3 Å². The van der Waals surface area contributed by atoms with Crippen LogP contribution in [0, 0.1) is 18.6 Å². The number of halogens is 2. The predicted molar refractivity (Wildman–Crippen MR) is 73.6 cm³/mol. The second-order valence-electron chi connectivity index (χ2n) is 4.44. The Morgan fingerprint density at radius 3 is 2.42 bits per heavy atom. The van der Waals surface area contributed by atoms with Crippen molar-refractivity contribution in [3.63, 3.8) is 0 Å². The van der Waals surface area contributed by atoms with Gasteiger partial charge >= 0.3 is 0 Å². The molecular weight excluding hydrogens is 242 g/mol. The predicted octanol–water partition coefficient (Wildman–Crippen LogP) is 4.51. The minimum Gasteiger partial charge on any atom is -0.207 e. The molecule has 0 aliphatic heterocycles. The van der Waals surface area contributed by atoms with E-state index in [4.69, 9.17) is 0 Å². The fraction of sp³-hybridized carbons (Fsp3) is 0.118. The van der Waals surface area contributed by atoms with Crippen LogP contribution in [-0.2, 0) is 12.8 Å². The van der Waals surface area contributed by atoms with Crippen LogP contribution in [0.25, 0.3) is 0 Å². The van der Waals surface area contributed by atoms with Gasteiger partial charge in [0.05, 0.1) is 0 Å². The highest BCUT2D eigenvalue weighted by Crippen LogP contribution is 2.17. The number of hydrogen-bond acceptors (Lipinski definition) is 0. The molecule has 0 unspecified atom stereocenters. The summed E-state index contributed by atoms with van der Waals surface area (Å²) in [4.78, 5) is 0. The molecule has 0 saturated carbocycles. The molecular formula is C17H15F2. The van der Waals surface area contributed by atoms with Gasteiger partial charge in [0.25, 0.3) is 0 Å². The molecule has 0 atom stereocenters. The van der Waals surface area contributed by atoms with Crippen molar-refractivity contribution in [3.05, 3.63) is 89.9 Å². The van der Waals surface area contributed by atoms with Gasteiger partial charge in [-0.05, 0) is 49.1 Å². The highest BCUT2D eigenvalue weighted by atomic mass is 19.1. The molecule has 2 aromatic rings. The molecule has 0 N–H and O–H groups in total. The molecule has 0 spiro atoms. The molecule has 0 heterocycles. The molecule has 19 heavy (non-hydrogen) atoms. The number of hydrogen-bond donors (Lipinski definition) is 0. The van der Waals surface area contributed by atoms with E-state index in [9.17, 15) is 8.78 Å². The van der Waals surface area contributed by atoms with Gasteiger partial charge in [0.1, 0.15) is 11.6 Å². The summed E-state index contributed by atoms with van der Waals surface area (Å²) in [5, 5.41) is 0. The maximum atomic E-state index is 13.6. The van der Waals surface area contributed by atoms with Crippen LogP contribution >= 0.6 is 0 Å². The summed E-state index contributed by atoms with van der Waals surface area (Å²) < 4.78 is 26.7. The van der Waals surface area contributed by atoms with Gasteiger partial charge in [-0.15, -0.1) is 0 Å². The first-order valence-corrected chi connectivity index (χ1v) is 6.14. The third-order valence-electron chi connectivity index (χ3n) is 2.99. The van der Waals surface area contributed by atoms with Crippen LogP contribution in [0.2, 0.25) is 0 Å². The van der Waals surface area contributed by atoms with Crippen LogP contribution < -0.4 is 0 Å². The molecule has 0 nitrogen and oxygen atoms in total. The first kappa shape index (κ1) is 13.5. The molecule has 2 aromatic carbocycles. The van der Waals surface area contributed by atoms with Gasteiger partial charge in [0, 0.05) is 0 Å². The monoisotopic (exact) mass is 257 g/mol. The maximum Gasteiger partial charge on any atom is 0.126 e. The molecule has 1 radical (unpaired) electrons. The first-order chi connectivity index (χ1) is 9.19. The Labute approximate surface area is 112 Å². The summed E-state index contributed by atoms with van der Waals surface area (Å²) in [5.74, 6) is -0.798. The van der Waals surface area contributed by atoms with E-state index >= 15 is 0 Å². The van der Waals surface area contributed by atoms with Gasteiger partial charge in [-0.2, -0.15) is 0 Å². The molecule has 0 aliphatic rings. The number of allylic oxidation sites excluding steroid dienone is 2. The standard InChI is InChI=1S/C17H15F2/c1-2-13(10-14-6-4-3-5-7-14)11-15-12-16(18)8-9-17(15)19/h2-9,12H,1,10-11H2. The summed E-state index contributed by atoms with van der Waals surface area (Å²) in [6.07, 6.45) is 2.79. The molecule has 0 aliphatic carbocycles. The first-order valence-electron chi connectivity index (χ1n) is 6.14. The molecule has 0 amide bonds. The van der Waals surface area contributed by atoms with Gasteiger partial charge in [0.2, 0.25) is 0 Å². The van der Waals surface area contributed by atoms with Crippen molar-refractivity contribution in [1.29, 1.82) is 0 Å². The summed E-state index contributed by atoms with van der Waals surface area (Å²) >= 11 is 0. The van der Waals surface area contributed by atoms with Gasteiger partial charge in [-0.3, -0.25) is 0 Å². The third-order valence-corrected chi connectivity index (χ3v) is 2.99. The number of rotatable bonds is 4. The van der Waals surface area contributed by atoms with E-state index in [1.165, 1.54) is 6.07 Å². The van der Waals surface area contributed by atoms with Crippen molar-refractivity contribution in [3.8, 4) is 0 Å². The van der Waals surface area contributed by atoms with E-state index in [1.54, 1.807) is 6.08 Å². The lowest BCUT2D eigenvalue weighted by atomic mass is 9.98. The highest BCUT2D eigenvalue weighted by molar-refractivity contribution is 5.29. The quantitative estimate of drug-likeness (QED) is 0.756. The molecule has 97 valence electrons. The Hall–Kier alpha value is -1.96. The Bertz CT molecular complexity index is 571. The molecule has 0 fully saturated rings. The van der Waals surface area contributed by atoms with Crippen LogP contribution in [0.15, 0.2) is 60.2 Å². The fourth-order valence-corrected chi connectivity index (χ4v) is 1.99. The van der Waals surface area contributed by atoms with E-state index in [-0.39, 0.29) is 5.82 Å². The Balaban J connectivity index is 2.14. The summed E-state index contributed by atoms with van der Waals surface area (Å²) in [6, 6.07) is 13.4. The SMILES string of the molecule is [CH2]C=C(Cc1ccccc1)Cc1cc(F)ccc1F. The van der Waals surface area contributed by atoms with Gasteiger partial charge in [-0.1, -0.05) is 42.0 Å². The van der Waals surface area contributed by atoms with Crippen LogP contribution in [0.1, 0.15) is 11.1 Å². The Morgan fingerprint density at radius 2 is 1.74 bits per heavy atom. The summed E-state index contributed by atoms with van der Waals surface area (Å²) in [7, 11) is 0. The zero-order valence-corrected chi connectivity index (χ0v) is 10.6. The van der Waals surface area contributed by atoms with Crippen LogP contribution in [0.4, 0.5) is 8.78 Å². The minimum absolute atomic E-state index is 0.367. The Kier molecular flexibility index (Phi) is 4.45. The van der Waals surface area contributed by atoms with Gasteiger partial charge in [0.15, 0.2) is 0 Å². The summed E-state index contributed by atoms with van der Waals surface area (Å²) in [6.45, 7) is 3.75. The zero-order valence-electron chi connectivity index (χ0n) is 10.6. The smallest absolute Gasteiger partial charge is 0.126 e. The third kappa shape index (κ3) is 3.75. The lowest BCUT2D eigenvalue weighted by Crippen LogP contribution is -1.98. The molecule has 2 rings (SSSR count). The van der Waals surface area contributed by atoms with Crippen molar-refractivity contribution in [2.24, 2.45) is 0 Å². The fourth-order valence-electron chi connectivity index (χ4n) is 1.99. The number of benzene rings is 2. The van der Waals surface area contributed by atoms with Gasteiger partial charge in [-0.25, -0.2) is 8.78 Å². The second-order valence-corrected chi connectivity index (χ2v) is 4.44. The van der Waals surface area contributed by atoms with Crippen molar-refractivity contribution in [1.82, 2.24) is 0 Å². The Morgan fingerprint density at radius 1 is 1.00 bits per heavy atom. The normalized spacial score (nSPS) is 11.6. The van der Waals surface area contributed by atoms with E-state index in [1.807, 2.05) is 30.3 Å². The second kappa shape index (κ2) is 6.28. The highest BCUT2D eigenvalue weighted by Gasteiger charge is 2.07. The van der Waals surface area contributed by atoms with Crippen molar-refractivity contribution >= 4 is 0 Å². The maximum absolute atomic E-state index is 13.6. The van der Waals surface area contributed by atoms with E-state index < -0.39 is 5.82 Å². The van der Waals surface area contributed by atoms with Crippen molar-refractivity contribution in [2.45, 2.75) is 12.8 Å².